The Morgan fingerprint density at radius 1 is 1.02 bits per heavy atom. The first-order chi connectivity index (χ1) is 26.3. The molecule has 55 heavy (non-hydrogen) atoms. The Balaban J connectivity index is 1.07. The highest BCUT2D eigenvalue weighted by molar-refractivity contribution is 6.03. The molecule has 5 heterocycles. The van der Waals surface area contributed by atoms with Gasteiger partial charge in [-0.05, 0) is 71.8 Å². The van der Waals surface area contributed by atoms with Gasteiger partial charge in [-0.2, -0.15) is 0 Å². The fourth-order valence-electron chi connectivity index (χ4n) is 6.75. The van der Waals surface area contributed by atoms with Gasteiger partial charge < -0.3 is 15.5 Å². The van der Waals surface area contributed by atoms with Gasteiger partial charge in [-0.25, -0.2) is 18.6 Å². The SMILES string of the molecule is Cc1cc(-c2cc3cccc(-c4cc(C(C)(F)F)cc5c4CN(C)C(=O)N5C)c3cn2)cnc1C(=O)NCC#Cc1ccnc(NC2CCC(=O)NC2=O)c1. The lowest BCUT2D eigenvalue weighted by molar-refractivity contribution is -0.133. The first-order valence-corrected chi connectivity index (χ1v) is 17.5. The lowest BCUT2D eigenvalue weighted by atomic mass is 9.90. The summed E-state index contributed by atoms with van der Waals surface area (Å²) in [5, 5.41) is 9.67. The Morgan fingerprint density at radius 2 is 1.84 bits per heavy atom. The van der Waals surface area contributed by atoms with E-state index in [0.717, 1.165) is 23.3 Å². The Bertz CT molecular complexity index is 2470. The average Bonchev–Trinajstić information content (AvgIpc) is 3.15. The van der Waals surface area contributed by atoms with E-state index in [9.17, 15) is 28.0 Å². The lowest BCUT2D eigenvalue weighted by Crippen LogP contribution is -2.47. The van der Waals surface area contributed by atoms with Crippen molar-refractivity contribution < 1.29 is 28.0 Å². The maximum Gasteiger partial charge on any atom is 0.324 e. The molecule has 0 radical (unpaired) electrons. The standard InChI is InChI=1S/C41H36F2N8O4/c1-23-15-26(20-47-37(23)39(54)45-13-6-7-24-12-14-44-35(16-24)48-32-10-11-36(52)49-38(32)53)33-17-25-8-5-9-28(30(25)21-46-33)29-18-27(41(2,42)43)19-34-31(29)22-50(3)40(55)51(34)4/h5,8-9,12,14-21,32H,10-11,13,22H2,1-4H3,(H,44,48)(H,45,54)(H,49,52,53). The minimum atomic E-state index is -3.13. The molecule has 3 N–H and O–H groups in total. The lowest BCUT2D eigenvalue weighted by Gasteiger charge is -2.35. The van der Waals surface area contributed by atoms with Crippen molar-refractivity contribution in [2.24, 2.45) is 0 Å². The minimum absolute atomic E-state index is 0.0550. The van der Waals surface area contributed by atoms with Crippen LogP contribution in [0.1, 0.15) is 52.5 Å². The zero-order valence-corrected chi connectivity index (χ0v) is 30.5. The summed E-state index contributed by atoms with van der Waals surface area (Å²) >= 11 is 0. The van der Waals surface area contributed by atoms with E-state index in [1.54, 1.807) is 56.6 Å². The molecule has 0 saturated carbocycles. The van der Waals surface area contributed by atoms with Gasteiger partial charge in [0.2, 0.25) is 11.8 Å². The summed E-state index contributed by atoms with van der Waals surface area (Å²) in [7, 11) is 3.26. The predicted molar refractivity (Wildman–Crippen MR) is 203 cm³/mol. The second kappa shape index (κ2) is 14.6. The van der Waals surface area contributed by atoms with E-state index in [0.29, 0.717) is 51.4 Å². The predicted octanol–water partition coefficient (Wildman–Crippen LogP) is 5.78. The Kier molecular flexibility index (Phi) is 9.71. The molecule has 0 spiro atoms. The van der Waals surface area contributed by atoms with Gasteiger partial charge in [-0.3, -0.25) is 34.6 Å². The van der Waals surface area contributed by atoms with E-state index in [2.05, 4.69) is 37.8 Å². The molecule has 5 aromatic rings. The Morgan fingerprint density at radius 3 is 2.60 bits per heavy atom. The summed E-state index contributed by atoms with van der Waals surface area (Å²) in [6.45, 7) is 2.94. The first-order valence-electron chi connectivity index (χ1n) is 17.5. The van der Waals surface area contributed by atoms with Crippen molar-refractivity contribution in [3.63, 3.8) is 0 Å². The molecule has 1 fully saturated rings. The first kappa shape index (κ1) is 36.6. The third-order valence-electron chi connectivity index (χ3n) is 9.64. The van der Waals surface area contributed by atoms with Crippen LogP contribution in [0.3, 0.4) is 0 Å². The number of nitrogens with zero attached hydrogens (tertiary/aromatic N) is 5. The molecule has 1 atom stereocenters. The summed E-state index contributed by atoms with van der Waals surface area (Å²) < 4.78 is 29.5. The molecule has 7 rings (SSSR count). The molecule has 3 aromatic heterocycles. The topological polar surface area (TPSA) is 150 Å². The highest BCUT2D eigenvalue weighted by atomic mass is 19.3. The van der Waals surface area contributed by atoms with Crippen molar-refractivity contribution in [2.75, 3.05) is 30.9 Å². The van der Waals surface area contributed by atoms with Gasteiger partial charge in [0.05, 0.1) is 17.9 Å². The maximum absolute atomic E-state index is 14.7. The highest BCUT2D eigenvalue weighted by Crippen LogP contribution is 2.42. The fraction of sp³-hybridized carbons (Fsp3) is 0.244. The average molecular weight is 743 g/mol. The van der Waals surface area contributed by atoms with Crippen LogP contribution in [0.25, 0.3) is 33.2 Å². The highest BCUT2D eigenvalue weighted by Gasteiger charge is 2.33. The third kappa shape index (κ3) is 7.54. The maximum atomic E-state index is 14.7. The molecular weight excluding hydrogens is 706 g/mol. The number of pyridine rings is 3. The summed E-state index contributed by atoms with van der Waals surface area (Å²) in [4.78, 5) is 65.6. The van der Waals surface area contributed by atoms with Crippen LogP contribution in [0.2, 0.25) is 0 Å². The molecule has 1 saturated heterocycles. The van der Waals surface area contributed by atoms with Gasteiger partial charge in [0.1, 0.15) is 17.6 Å². The van der Waals surface area contributed by atoms with Gasteiger partial charge in [0, 0.05) is 80.2 Å². The van der Waals surface area contributed by atoms with Crippen molar-refractivity contribution in [3.8, 4) is 34.2 Å². The van der Waals surface area contributed by atoms with E-state index >= 15 is 0 Å². The number of urea groups is 1. The van der Waals surface area contributed by atoms with Gasteiger partial charge in [-0.1, -0.05) is 30.0 Å². The second-order valence-electron chi connectivity index (χ2n) is 13.7. The van der Waals surface area contributed by atoms with Crippen LogP contribution in [0.4, 0.5) is 25.1 Å². The summed E-state index contributed by atoms with van der Waals surface area (Å²) in [6, 6.07) is 14.8. The molecular formula is C41H36F2N8O4. The van der Waals surface area contributed by atoms with Crippen LogP contribution in [0.5, 0.6) is 0 Å². The number of rotatable bonds is 7. The number of piperidine rings is 1. The fourth-order valence-corrected chi connectivity index (χ4v) is 6.75. The van der Waals surface area contributed by atoms with E-state index in [4.69, 9.17) is 4.98 Å². The van der Waals surface area contributed by atoms with Crippen molar-refractivity contribution in [2.45, 2.75) is 45.2 Å². The van der Waals surface area contributed by atoms with Gasteiger partial charge >= 0.3 is 6.03 Å². The van der Waals surface area contributed by atoms with Crippen molar-refractivity contribution in [1.29, 1.82) is 0 Å². The van der Waals surface area contributed by atoms with Crippen LogP contribution in [0.15, 0.2) is 73.2 Å². The van der Waals surface area contributed by atoms with Crippen molar-refractivity contribution in [3.05, 3.63) is 101 Å². The number of nitrogens with one attached hydrogen (secondary N) is 3. The van der Waals surface area contributed by atoms with Crippen LogP contribution in [-0.2, 0) is 22.1 Å². The zero-order chi connectivity index (χ0) is 39.0. The van der Waals surface area contributed by atoms with Gasteiger partial charge in [0.25, 0.3) is 11.8 Å². The number of amides is 5. The number of alkyl halides is 2. The van der Waals surface area contributed by atoms with Gasteiger partial charge in [0.15, 0.2) is 0 Å². The van der Waals surface area contributed by atoms with Crippen LogP contribution >= 0.6 is 0 Å². The van der Waals surface area contributed by atoms with Crippen molar-refractivity contribution >= 4 is 46.0 Å². The molecule has 1 unspecified atom stereocenters. The number of benzene rings is 2. The molecule has 0 aliphatic carbocycles. The molecule has 2 aromatic carbocycles. The number of aromatic nitrogens is 3. The number of hydrogen-bond acceptors (Lipinski definition) is 8. The number of imide groups is 1. The Hall–Kier alpha value is -6.75. The molecule has 12 nitrogen and oxygen atoms in total. The number of carbonyl (C=O) groups is 4. The molecule has 2 aliphatic heterocycles. The van der Waals surface area contributed by atoms with Crippen LogP contribution in [0, 0.1) is 18.8 Å². The number of halogens is 2. The Labute approximate surface area is 315 Å². The molecule has 14 heteroatoms. The van der Waals surface area contributed by atoms with Gasteiger partial charge in [-0.15, -0.1) is 0 Å². The van der Waals surface area contributed by atoms with Crippen LogP contribution < -0.4 is 20.9 Å². The third-order valence-corrected chi connectivity index (χ3v) is 9.64. The zero-order valence-electron chi connectivity index (χ0n) is 30.5. The van der Waals surface area contributed by atoms with E-state index < -0.39 is 23.8 Å². The number of anilines is 2. The molecule has 2 aliphatic rings. The number of hydrogen-bond donors (Lipinski definition) is 3. The summed E-state index contributed by atoms with van der Waals surface area (Å²) in [5.74, 6) is 2.11. The monoisotopic (exact) mass is 742 g/mol. The summed E-state index contributed by atoms with van der Waals surface area (Å²) in [5.41, 5.74) is 5.13. The van der Waals surface area contributed by atoms with Crippen molar-refractivity contribution in [1.82, 2.24) is 30.5 Å². The quantitative estimate of drug-likeness (QED) is 0.140. The normalized spacial score (nSPS) is 15.6. The molecule has 5 amide bonds. The number of carbonyl (C=O) groups excluding carboxylic acids is 4. The summed E-state index contributed by atoms with van der Waals surface area (Å²) in [6.07, 6.45) is 5.45. The second-order valence-corrected chi connectivity index (χ2v) is 13.7. The number of fused-ring (bicyclic) bond motifs is 2. The largest absolute Gasteiger partial charge is 0.358 e. The minimum Gasteiger partial charge on any atom is -0.358 e. The van der Waals surface area contributed by atoms with E-state index in [-0.39, 0.29) is 42.7 Å². The smallest absolute Gasteiger partial charge is 0.324 e. The number of aryl methyl sites for hydroxylation is 1. The molecule has 278 valence electrons. The van der Waals surface area contributed by atoms with Crippen LogP contribution in [-0.4, -0.2) is 70.3 Å². The van der Waals surface area contributed by atoms with E-state index in [1.165, 1.54) is 17.0 Å². The molecule has 0 bridgehead atoms. The van der Waals surface area contributed by atoms with E-state index in [1.807, 2.05) is 30.3 Å².